The molecule has 2 fully saturated rings. The van der Waals surface area contributed by atoms with E-state index in [0.29, 0.717) is 12.6 Å². The SMILES string of the molecule is CCCCOCC(O)CN1CC2CCCN2CC1C. The van der Waals surface area contributed by atoms with Gasteiger partial charge in [-0.25, -0.2) is 0 Å². The number of ether oxygens (including phenoxy) is 1. The van der Waals surface area contributed by atoms with Crippen molar-refractivity contribution in [2.24, 2.45) is 0 Å². The van der Waals surface area contributed by atoms with Crippen LogP contribution in [-0.4, -0.2) is 72.5 Å². The lowest BCUT2D eigenvalue weighted by molar-refractivity contribution is -0.0143. The van der Waals surface area contributed by atoms with Crippen LogP contribution in [0.25, 0.3) is 0 Å². The van der Waals surface area contributed by atoms with Crippen LogP contribution in [0.4, 0.5) is 0 Å². The second kappa shape index (κ2) is 7.58. The van der Waals surface area contributed by atoms with Gasteiger partial charge in [-0.05, 0) is 32.7 Å². The van der Waals surface area contributed by atoms with Crippen LogP contribution in [0.15, 0.2) is 0 Å². The van der Waals surface area contributed by atoms with Gasteiger partial charge in [0.2, 0.25) is 0 Å². The summed E-state index contributed by atoms with van der Waals surface area (Å²) in [6.45, 7) is 10.0. The minimum Gasteiger partial charge on any atom is -0.389 e. The van der Waals surface area contributed by atoms with Gasteiger partial charge in [-0.2, -0.15) is 0 Å². The van der Waals surface area contributed by atoms with Crippen LogP contribution in [0.1, 0.15) is 39.5 Å². The van der Waals surface area contributed by atoms with Crippen molar-refractivity contribution in [1.29, 1.82) is 0 Å². The van der Waals surface area contributed by atoms with Gasteiger partial charge >= 0.3 is 0 Å². The van der Waals surface area contributed by atoms with E-state index in [0.717, 1.165) is 45.1 Å². The molecule has 0 aromatic carbocycles. The molecule has 0 radical (unpaired) electrons. The Labute approximate surface area is 117 Å². The minimum atomic E-state index is -0.341. The maximum Gasteiger partial charge on any atom is 0.0900 e. The van der Waals surface area contributed by atoms with Gasteiger partial charge in [-0.1, -0.05) is 13.3 Å². The van der Waals surface area contributed by atoms with Crippen LogP contribution in [0.5, 0.6) is 0 Å². The highest BCUT2D eigenvalue weighted by Gasteiger charge is 2.34. The van der Waals surface area contributed by atoms with Crippen LogP contribution < -0.4 is 0 Å². The zero-order valence-corrected chi connectivity index (χ0v) is 12.6. The first-order valence-corrected chi connectivity index (χ1v) is 7.94. The molecule has 0 spiro atoms. The molecule has 0 amide bonds. The van der Waals surface area contributed by atoms with Gasteiger partial charge in [0.25, 0.3) is 0 Å². The minimum absolute atomic E-state index is 0.341. The molecule has 112 valence electrons. The van der Waals surface area contributed by atoms with E-state index in [1.54, 1.807) is 0 Å². The van der Waals surface area contributed by atoms with E-state index in [1.165, 1.54) is 19.4 Å². The van der Waals surface area contributed by atoms with Crippen LogP contribution in [0.2, 0.25) is 0 Å². The van der Waals surface area contributed by atoms with Gasteiger partial charge < -0.3 is 9.84 Å². The molecule has 2 aliphatic rings. The average molecular weight is 270 g/mol. The van der Waals surface area contributed by atoms with Crippen molar-refractivity contribution in [3.8, 4) is 0 Å². The quantitative estimate of drug-likeness (QED) is 0.708. The highest BCUT2D eigenvalue weighted by Crippen LogP contribution is 2.24. The fraction of sp³-hybridized carbons (Fsp3) is 1.00. The van der Waals surface area contributed by atoms with Crippen molar-refractivity contribution >= 4 is 0 Å². The Morgan fingerprint density at radius 2 is 2.21 bits per heavy atom. The molecular weight excluding hydrogens is 240 g/mol. The summed E-state index contributed by atoms with van der Waals surface area (Å²) in [5.41, 5.74) is 0. The van der Waals surface area contributed by atoms with Crippen LogP contribution >= 0.6 is 0 Å². The number of hydrogen-bond donors (Lipinski definition) is 1. The maximum absolute atomic E-state index is 10.1. The largest absolute Gasteiger partial charge is 0.389 e. The molecule has 2 saturated heterocycles. The van der Waals surface area contributed by atoms with Gasteiger partial charge in [0.15, 0.2) is 0 Å². The molecule has 0 aromatic heterocycles. The number of aliphatic hydroxyl groups excluding tert-OH is 1. The van der Waals surface area contributed by atoms with E-state index in [9.17, 15) is 5.11 Å². The molecule has 4 nitrogen and oxygen atoms in total. The van der Waals surface area contributed by atoms with Gasteiger partial charge in [0.05, 0.1) is 12.7 Å². The number of hydrogen-bond acceptors (Lipinski definition) is 4. The summed E-state index contributed by atoms with van der Waals surface area (Å²) in [7, 11) is 0. The first-order chi connectivity index (χ1) is 9.20. The molecule has 19 heavy (non-hydrogen) atoms. The third-order valence-corrected chi connectivity index (χ3v) is 4.46. The van der Waals surface area contributed by atoms with Crippen molar-refractivity contribution in [3.05, 3.63) is 0 Å². The molecule has 2 rings (SSSR count). The predicted molar refractivity (Wildman–Crippen MR) is 77.4 cm³/mol. The van der Waals surface area contributed by atoms with E-state index >= 15 is 0 Å². The molecule has 0 saturated carbocycles. The Morgan fingerprint density at radius 1 is 1.37 bits per heavy atom. The lowest BCUT2D eigenvalue weighted by atomic mass is 10.1. The Balaban J connectivity index is 1.69. The first-order valence-electron chi connectivity index (χ1n) is 7.94. The predicted octanol–water partition coefficient (Wildman–Crippen LogP) is 1.33. The second-order valence-corrected chi connectivity index (χ2v) is 6.18. The number of fused-ring (bicyclic) bond motifs is 1. The van der Waals surface area contributed by atoms with E-state index < -0.39 is 0 Å². The van der Waals surface area contributed by atoms with E-state index in [-0.39, 0.29) is 6.10 Å². The molecule has 3 atom stereocenters. The van der Waals surface area contributed by atoms with E-state index in [1.807, 2.05) is 0 Å². The maximum atomic E-state index is 10.1. The summed E-state index contributed by atoms with van der Waals surface area (Å²) in [4.78, 5) is 5.06. The van der Waals surface area contributed by atoms with Gasteiger partial charge in [-0.15, -0.1) is 0 Å². The molecule has 4 heteroatoms. The van der Waals surface area contributed by atoms with Crippen molar-refractivity contribution in [3.63, 3.8) is 0 Å². The third-order valence-electron chi connectivity index (χ3n) is 4.46. The van der Waals surface area contributed by atoms with Crippen molar-refractivity contribution in [1.82, 2.24) is 9.80 Å². The molecule has 0 aliphatic carbocycles. The topological polar surface area (TPSA) is 35.9 Å². The van der Waals surface area contributed by atoms with Gasteiger partial charge in [0.1, 0.15) is 0 Å². The molecule has 2 heterocycles. The summed E-state index contributed by atoms with van der Waals surface area (Å²) in [6.07, 6.45) is 4.56. The summed E-state index contributed by atoms with van der Waals surface area (Å²) < 4.78 is 5.51. The second-order valence-electron chi connectivity index (χ2n) is 6.18. The summed E-state index contributed by atoms with van der Waals surface area (Å²) >= 11 is 0. The Bertz CT molecular complexity index is 263. The van der Waals surface area contributed by atoms with Crippen LogP contribution in [0.3, 0.4) is 0 Å². The number of β-amino-alcohol motifs (C(OH)–C–C–N with tert-alkyl or cyclic N) is 1. The third kappa shape index (κ3) is 4.42. The monoisotopic (exact) mass is 270 g/mol. The van der Waals surface area contributed by atoms with Gasteiger partial charge in [-0.3, -0.25) is 9.80 Å². The van der Waals surface area contributed by atoms with Crippen LogP contribution in [-0.2, 0) is 4.74 Å². The number of piperazine rings is 1. The average Bonchev–Trinajstić information content (AvgIpc) is 2.82. The lowest BCUT2D eigenvalue weighted by Crippen LogP contribution is -2.56. The van der Waals surface area contributed by atoms with Crippen molar-refractivity contribution in [2.75, 3.05) is 39.4 Å². The summed E-state index contributed by atoms with van der Waals surface area (Å²) in [5.74, 6) is 0. The van der Waals surface area contributed by atoms with Gasteiger partial charge in [0, 0.05) is 38.3 Å². The molecule has 1 N–H and O–H groups in total. The standard InChI is InChI=1S/C15H30N2O2/c1-3-4-8-19-12-15(18)11-17-10-14-6-5-7-16(14)9-13(17)2/h13-15,18H,3-12H2,1-2H3. The van der Waals surface area contributed by atoms with Crippen molar-refractivity contribution < 1.29 is 9.84 Å². The molecule has 0 bridgehead atoms. The lowest BCUT2D eigenvalue weighted by Gasteiger charge is -2.43. The fourth-order valence-electron chi connectivity index (χ4n) is 3.29. The Hall–Kier alpha value is -0.160. The number of aliphatic hydroxyl groups is 1. The highest BCUT2D eigenvalue weighted by molar-refractivity contribution is 4.91. The van der Waals surface area contributed by atoms with E-state index in [2.05, 4.69) is 23.6 Å². The number of unbranched alkanes of at least 4 members (excludes halogenated alkanes) is 1. The summed E-state index contributed by atoms with van der Waals surface area (Å²) in [6, 6.07) is 1.28. The zero-order valence-electron chi connectivity index (χ0n) is 12.6. The zero-order chi connectivity index (χ0) is 13.7. The number of nitrogens with zero attached hydrogens (tertiary/aromatic N) is 2. The smallest absolute Gasteiger partial charge is 0.0900 e. The normalized spacial score (nSPS) is 30.5. The Kier molecular flexibility index (Phi) is 6.07. The molecular formula is C15H30N2O2. The van der Waals surface area contributed by atoms with E-state index in [4.69, 9.17) is 4.74 Å². The molecule has 0 aromatic rings. The molecule has 2 aliphatic heterocycles. The van der Waals surface area contributed by atoms with Crippen molar-refractivity contribution in [2.45, 2.75) is 57.7 Å². The Morgan fingerprint density at radius 3 is 3.00 bits per heavy atom. The first kappa shape index (κ1) is 15.2. The fourth-order valence-corrected chi connectivity index (χ4v) is 3.29. The van der Waals surface area contributed by atoms with Crippen LogP contribution in [0, 0.1) is 0 Å². The molecule has 3 unspecified atom stereocenters. The summed E-state index contributed by atoms with van der Waals surface area (Å²) in [5, 5.41) is 10.1. The number of rotatable bonds is 7. The highest BCUT2D eigenvalue weighted by atomic mass is 16.5.